The van der Waals surface area contributed by atoms with Crippen LogP contribution < -0.4 is 5.32 Å². The highest BCUT2D eigenvalue weighted by Gasteiger charge is 2.37. The van der Waals surface area contributed by atoms with Gasteiger partial charge in [0.2, 0.25) is 5.91 Å². The van der Waals surface area contributed by atoms with Gasteiger partial charge in [-0.05, 0) is 58.8 Å². The average molecular weight is 324 g/mol. The molecule has 1 aromatic rings. The van der Waals surface area contributed by atoms with E-state index in [0.29, 0.717) is 0 Å². The van der Waals surface area contributed by atoms with E-state index < -0.39 is 0 Å². The molecule has 0 spiro atoms. The van der Waals surface area contributed by atoms with Crippen LogP contribution in [0.4, 0.5) is 5.69 Å². The number of carbonyl (C=O) groups is 1. The Morgan fingerprint density at radius 1 is 1.37 bits per heavy atom. The summed E-state index contributed by atoms with van der Waals surface area (Å²) in [6.07, 6.45) is 4.55. The van der Waals surface area contributed by atoms with Crippen molar-refractivity contribution in [2.45, 2.75) is 46.5 Å². The molecule has 0 aliphatic heterocycles. The number of hydrogen-bond donors (Lipinski definition) is 1. The number of rotatable bonds is 2. The van der Waals surface area contributed by atoms with E-state index in [-0.39, 0.29) is 17.2 Å². The molecular formula is C16H22BrNO. The van der Waals surface area contributed by atoms with Gasteiger partial charge in [0.15, 0.2) is 0 Å². The number of halogens is 1. The quantitative estimate of drug-likeness (QED) is 0.822. The summed E-state index contributed by atoms with van der Waals surface area (Å²) < 4.78 is 0.945. The molecule has 1 amide bonds. The Bertz CT molecular complexity index is 482. The second-order valence-corrected chi connectivity index (χ2v) is 7.11. The molecule has 1 aromatic carbocycles. The molecular weight excluding hydrogens is 302 g/mol. The SMILES string of the molecule is Cc1ccc(Br)c(NC(=O)C2CCCCC2(C)C)c1. The highest BCUT2D eigenvalue weighted by atomic mass is 79.9. The summed E-state index contributed by atoms with van der Waals surface area (Å²) in [6, 6.07) is 6.03. The summed E-state index contributed by atoms with van der Waals surface area (Å²) in [5, 5.41) is 3.09. The third kappa shape index (κ3) is 3.38. The van der Waals surface area contributed by atoms with Crippen LogP contribution in [0.3, 0.4) is 0 Å². The maximum absolute atomic E-state index is 12.5. The van der Waals surface area contributed by atoms with Gasteiger partial charge in [0.1, 0.15) is 0 Å². The number of hydrogen-bond acceptors (Lipinski definition) is 1. The van der Waals surface area contributed by atoms with Crippen molar-refractivity contribution in [1.82, 2.24) is 0 Å². The molecule has 104 valence electrons. The largest absolute Gasteiger partial charge is 0.325 e. The molecule has 0 radical (unpaired) electrons. The molecule has 0 heterocycles. The predicted molar refractivity (Wildman–Crippen MR) is 83.2 cm³/mol. The number of amides is 1. The Labute approximate surface area is 124 Å². The molecule has 0 saturated heterocycles. The number of nitrogens with one attached hydrogen (secondary N) is 1. The minimum Gasteiger partial charge on any atom is -0.325 e. The second-order valence-electron chi connectivity index (χ2n) is 6.26. The third-order valence-corrected chi connectivity index (χ3v) is 4.89. The monoisotopic (exact) mass is 323 g/mol. The van der Waals surface area contributed by atoms with E-state index in [1.165, 1.54) is 6.42 Å². The Kier molecular flexibility index (Phi) is 4.34. The summed E-state index contributed by atoms with van der Waals surface area (Å²) in [5.74, 6) is 0.282. The van der Waals surface area contributed by atoms with E-state index >= 15 is 0 Å². The van der Waals surface area contributed by atoms with Gasteiger partial charge < -0.3 is 5.32 Å². The molecule has 0 bridgehead atoms. The molecule has 1 atom stereocenters. The first-order valence-corrected chi connectivity index (χ1v) is 7.76. The van der Waals surface area contributed by atoms with Gasteiger partial charge in [-0.25, -0.2) is 0 Å². The van der Waals surface area contributed by atoms with Gasteiger partial charge in [-0.15, -0.1) is 0 Å². The molecule has 1 N–H and O–H groups in total. The maximum Gasteiger partial charge on any atom is 0.228 e. The lowest BCUT2D eigenvalue weighted by Gasteiger charge is -2.37. The van der Waals surface area contributed by atoms with E-state index in [4.69, 9.17) is 0 Å². The molecule has 1 saturated carbocycles. The van der Waals surface area contributed by atoms with Gasteiger partial charge in [-0.1, -0.05) is 32.8 Å². The summed E-state index contributed by atoms with van der Waals surface area (Å²) in [7, 11) is 0. The molecule has 2 rings (SSSR count). The lowest BCUT2D eigenvalue weighted by molar-refractivity contribution is -0.124. The number of anilines is 1. The Balaban J connectivity index is 2.14. The fraction of sp³-hybridized carbons (Fsp3) is 0.562. The highest BCUT2D eigenvalue weighted by molar-refractivity contribution is 9.10. The molecule has 1 aliphatic rings. The standard InChI is InChI=1S/C16H22BrNO/c1-11-7-8-13(17)14(10-11)18-15(19)12-6-4-5-9-16(12,2)3/h7-8,10,12H,4-6,9H2,1-3H3,(H,18,19). The first kappa shape index (κ1) is 14.6. The Morgan fingerprint density at radius 2 is 2.11 bits per heavy atom. The number of carbonyl (C=O) groups excluding carboxylic acids is 1. The molecule has 0 aromatic heterocycles. The van der Waals surface area contributed by atoms with Crippen LogP contribution in [0.1, 0.15) is 45.1 Å². The first-order valence-electron chi connectivity index (χ1n) is 6.97. The lowest BCUT2D eigenvalue weighted by atomic mass is 9.68. The van der Waals surface area contributed by atoms with Crippen LogP contribution in [0.25, 0.3) is 0 Å². The molecule has 2 nitrogen and oxygen atoms in total. The Hall–Kier alpha value is -0.830. The van der Waals surface area contributed by atoms with Crippen molar-refractivity contribution in [1.29, 1.82) is 0 Å². The van der Waals surface area contributed by atoms with Gasteiger partial charge in [0.05, 0.1) is 5.69 Å². The van der Waals surface area contributed by atoms with Crippen LogP contribution in [0, 0.1) is 18.3 Å². The summed E-state index contributed by atoms with van der Waals surface area (Å²) in [6.45, 7) is 6.45. The van der Waals surface area contributed by atoms with Crippen LogP contribution >= 0.6 is 15.9 Å². The zero-order chi connectivity index (χ0) is 14.0. The van der Waals surface area contributed by atoms with Crippen molar-refractivity contribution in [3.63, 3.8) is 0 Å². The minimum atomic E-state index is 0.110. The van der Waals surface area contributed by atoms with Crippen LogP contribution in [0.2, 0.25) is 0 Å². The lowest BCUT2D eigenvalue weighted by Crippen LogP contribution is -2.37. The van der Waals surface area contributed by atoms with Crippen molar-refractivity contribution in [3.8, 4) is 0 Å². The normalized spacial score (nSPS) is 22.0. The van der Waals surface area contributed by atoms with Crippen LogP contribution in [0.15, 0.2) is 22.7 Å². The molecule has 1 aliphatic carbocycles. The first-order chi connectivity index (χ1) is 8.90. The van der Waals surface area contributed by atoms with Crippen molar-refractivity contribution in [2.75, 3.05) is 5.32 Å². The van der Waals surface area contributed by atoms with Crippen molar-refractivity contribution in [2.24, 2.45) is 11.3 Å². The van der Waals surface area contributed by atoms with Crippen LogP contribution in [-0.2, 0) is 4.79 Å². The van der Waals surface area contributed by atoms with E-state index in [0.717, 1.165) is 35.0 Å². The summed E-state index contributed by atoms with van der Waals surface area (Å²) in [4.78, 5) is 12.5. The zero-order valence-corrected chi connectivity index (χ0v) is 13.5. The van der Waals surface area contributed by atoms with E-state index in [1.54, 1.807) is 0 Å². The smallest absolute Gasteiger partial charge is 0.228 e. The highest BCUT2D eigenvalue weighted by Crippen LogP contribution is 2.41. The number of aryl methyl sites for hydroxylation is 1. The van der Waals surface area contributed by atoms with Crippen LogP contribution in [-0.4, -0.2) is 5.91 Å². The molecule has 1 unspecified atom stereocenters. The van der Waals surface area contributed by atoms with Gasteiger partial charge in [0, 0.05) is 10.4 Å². The van der Waals surface area contributed by atoms with Gasteiger partial charge >= 0.3 is 0 Å². The van der Waals surface area contributed by atoms with Gasteiger partial charge in [0.25, 0.3) is 0 Å². The average Bonchev–Trinajstić information content (AvgIpc) is 2.33. The Morgan fingerprint density at radius 3 is 2.79 bits per heavy atom. The van der Waals surface area contributed by atoms with Crippen molar-refractivity contribution < 1.29 is 4.79 Å². The fourth-order valence-corrected chi connectivity index (χ4v) is 3.28. The van der Waals surface area contributed by atoms with Crippen molar-refractivity contribution >= 4 is 27.5 Å². The molecule has 1 fully saturated rings. The second kappa shape index (κ2) is 5.66. The summed E-state index contributed by atoms with van der Waals surface area (Å²) in [5.41, 5.74) is 2.14. The van der Waals surface area contributed by atoms with E-state index in [9.17, 15) is 4.79 Å². The number of benzene rings is 1. The van der Waals surface area contributed by atoms with E-state index in [1.807, 2.05) is 25.1 Å². The predicted octanol–water partition coefficient (Wildman–Crippen LogP) is 4.91. The third-order valence-electron chi connectivity index (χ3n) is 4.20. The van der Waals surface area contributed by atoms with Gasteiger partial charge in [-0.2, -0.15) is 0 Å². The van der Waals surface area contributed by atoms with Crippen LogP contribution in [0.5, 0.6) is 0 Å². The van der Waals surface area contributed by atoms with Gasteiger partial charge in [-0.3, -0.25) is 4.79 Å². The summed E-state index contributed by atoms with van der Waals surface area (Å²) >= 11 is 3.50. The maximum atomic E-state index is 12.5. The zero-order valence-electron chi connectivity index (χ0n) is 11.9. The minimum absolute atomic E-state index is 0.110. The van der Waals surface area contributed by atoms with Crippen molar-refractivity contribution in [3.05, 3.63) is 28.2 Å². The molecule has 3 heteroatoms. The fourth-order valence-electron chi connectivity index (χ4n) is 2.93. The topological polar surface area (TPSA) is 29.1 Å². The molecule has 19 heavy (non-hydrogen) atoms. The van der Waals surface area contributed by atoms with E-state index in [2.05, 4.69) is 35.1 Å².